The average molecular weight is 303 g/mol. The van der Waals surface area contributed by atoms with Gasteiger partial charge in [-0.05, 0) is 31.2 Å². The van der Waals surface area contributed by atoms with Crippen molar-refractivity contribution in [1.29, 1.82) is 0 Å². The zero-order chi connectivity index (χ0) is 15.9. The molecule has 1 unspecified atom stereocenters. The molecule has 1 atom stereocenters. The molecule has 8 nitrogen and oxygen atoms in total. The van der Waals surface area contributed by atoms with Crippen LogP contribution in [0.2, 0.25) is 0 Å². The summed E-state index contributed by atoms with van der Waals surface area (Å²) >= 11 is 0. The van der Waals surface area contributed by atoms with E-state index in [1.165, 1.54) is 36.7 Å². The van der Waals surface area contributed by atoms with Crippen molar-refractivity contribution >= 4 is 17.8 Å². The van der Waals surface area contributed by atoms with E-state index in [2.05, 4.69) is 10.5 Å². The van der Waals surface area contributed by atoms with E-state index >= 15 is 0 Å². The van der Waals surface area contributed by atoms with Gasteiger partial charge in [0.15, 0.2) is 6.10 Å². The first kappa shape index (κ1) is 15.2. The number of benzene rings is 1. The van der Waals surface area contributed by atoms with Crippen molar-refractivity contribution < 1.29 is 18.9 Å². The Kier molecular flexibility index (Phi) is 4.86. The van der Waals surface area contributed by atoms with Gasteiger partial charge in [-0.15, -0.1) is 0 Å². The van der Waals surface area contributed by atoms with Crippen molar-refractivity contribution in [1.82, 2.24) is 5.43 Å². The molecule has 114 valence electrons. The molecule has 0 bridgehead atoms. The van der Waals surface area contributed by atoms with E-state index in [-0.39, 0.29) is 5.69 Å². The zero-order valence-electron chi connectivity index (χ0n) is 11.6. The van der Waals surface area contributed by atoms with Crippen molar-refractivity contribution in [3.8, 4) is 5.75 Å². The average Bonchev–Trinajstić information content (AvgIpc) is 3.01. The Morgan fingerprint density at radius 2 is 2.14 bits per heavy atom. The molecule has 22 heavy (non-hydrogen) atoms. The number of nitrogens with one attached hydrogen (secondary N) is 1. The standard InChI is InChI=1S/C14H13N3O5/c1-10(14(18)16-15-9-13-3-2-8-21-13)22-12-6-4-11(5-7-12)17(19)20/h2-10H,1H3,(H,16,18). The van der Waals surface area contributed by atoms with Crippen molar-refractivity contribution in [3.05, 3.63) is 58.5 Å². The fourth-order valence-electron chi connectivity index (χ4n) is 1.52. The molecule has 0 radical (unpaired) electrons. The molecule has 2 aromatic rings. The van der Waals surface area contributed by atoms with Crippen molar-refractivity contribution in [3.63, 3.8) is 0 Å². The molecule has 0 aliphatic rings. The quantitative estimate of drug-likeness (QED) is 0.499. The number of carbonyl (C=O) groups is 1. The molecule has 1 aromatic heterocycles. The summed E-state index contributed by atoms with van der Waals surface area (Å²) in [6.07, 6.45) is 2.04. The van der Waals surface area contributed by atoms with Crippen molar-refractivity contribution in [2.75, 3.05) is 0 Å². The smallest absolute Gasteiger partial charge is 0.280 e. The highest BCUT2D eigenvalue weighted by Crippen LogP contribution is 2.18. The van der Waals surface area contributed by atoms with Crippen LogP contribution < -0.4 is 10.2 Å². The second-order valence-corrected chi connectivity index (χ2v) is 4.26. The van der Waals surface area contributed by atoms with Gasteiger partial charge in [0, 0.05) is 12.1 Å². The van der Waals surface area contributed by atoms with Gasteiger partial charge in [-0.1, -0.05) is 0 Å². The van der Waals surface area contributed by atoms with E-state index < -0.39 is 16.9 Å². The first-order chi connectivity index (χ1) is 10.6. The molecule has 8 heteroatoms. The number of hydrogen-bond acceptors (Lipinski definition) is 6. The Labute approximate surface area is 125 Å². The number of nitrogens with zero attached hydrogens (tertiary/aromatic N) is 2. The minimum Gasteiger partial charge on any atom is -0.481 e. The number of furan rings is 1. The van der Waals surface area contributed by atoms with E-state index in [0.29, 0.717) is 11.5 Å². The van der Waals surface area contributed by atoms with Gasteiger partial charge in [0.05, 0.1) is 17.4 Å². The van der Waals surface area contributed by atoms with E-state index in [9.17, 15) is 14.9 Å². The number of non-ortho nitro benzene ring substituents is 1. The SMILES string of the molecule is CC(Oc1ccc([N+](=O)[O-])cc1)C(=O)NN=Cc1ccco1. The molecule has 1 heterocycles. The van der Waals surface area contributed by atoms with Gasteiger partial charge >= 0.3 is 0 Å². The van der Waals surface area contributed by atoms with E-state index in [1.54, 1.807) is 19.1 Å². The number of rotatable bonds is 6. The molecule has 2 rings (SSSR count). The predicted octanol–water partition coefficient (Wildman–Crippen LogP) is 2.11. The Bertz CT molecular complexity index is 664. The summed E-state index contributed by atoms with van der Waals surface area (Å²) in [5.74, 6) is 0.397. The minimum atomic E-state index is -0.810. The van der Waals surface area contributed by atoms with Crippen molar-refractivity contribution in [2.45, 2.75) is 13.0 Å². The number of nitro benzene ring substituents is 1. The normalized spacial score (nSPS) is 12.0. The van der Waals surface area contributed by atoms with Crippen LogP contribution in [-0.4, -0.2) is 23.1 Å². The first-order valence-corrected chi connectivity index (χ1v) is 6.34. The fraction of sp³-hybridized carbons (Fsp3) is 0.143. The van der Waals surface area contributed by atoms with Crippen LogP contribution in [0.3, 0.4) is 0 Å². The lowest BCUT2D eigenvalue weighted by Crippen LogP contribution is -2.33. The minimum absolute atomic E-state index is 0.0486. The van der Waals surface area contributed by atoms with Crippen LogP contribution >= 0.6 is 0 Å². The highest BCUT2D eigenvalue weighted by Gasteiger charge is 2.14. The monoisotopic (exact) mass is 303 g/mol. The van der Waals surface area contributed by atoms with Crippen LogP contribution in [0.15, 0.2) is 52.2 Å². The Balaban J connectivity index is 1.86. The molecule has 0 aliphatic heterocycles. The summed E-state index contributed by atoms with van der Waals surface area (Å²) in [4.78, 5) is 21.8. The highest BCUT2D eigenvalue weighted by molar-refractivity contribution is 5.83. The maximum Gasteiger partial charge on any atom is 0.280 e. The third kappa shape index (κ3) is 4.17. The lowest BCUT2D eigenvalue weighted by atomic mass is 10.3. The summed E-state index contributed by atoms with van der Waals surface area (Å²) in [7, 11) is 0. The molecule has 0 spiro atoms. The zero-order valence-corrected chi connectivity index (χ0v) is 11.6. The third-order valence-corrected chi connectivity index (χ3v) is 2.64. The summed E-state index contributed by atoms with van der Waals surface area (Å²) < 4.78 is 10.4. The van der Waals surface area contributed by atoms with Gasteiger partial charge in [-0.25, -0.2) is 5.43 Å². The number of amides is 1. The van der Waals surface area contributed by atoms with Crippen LogP contribution in [-0.2, 0) is 4.79 Å². The van der Waals surface area contributed by atoms with Crippen LogP contribution in [0.5, 0.6) is 5.75 Å². The van der Waals surface area contributed by atoms with E-state index in [1.807, 2.05) is 0 Å². The predicted molar refractivity (Wildman–Crippen MR) is 77.6 cm³/mol. The largest absolute Gasteiger partial charge is 0.481 e. The summed E-state index contributed by atoms with van der Waals surface area (Å²) in [5, 5.41) is 14.3. The first-order valence-electron chi connectivity index (χ1n) is 6.34. The van der Waals surface area contributed by atoms with Crippen LogP contribution in [0.25, 0.3) is 0 Å². The molecule has 1 aromatic carbocycles. The van der Waals surface area contributed by atoms with Gasteiger partial charge < -0.3 is 9.15 Å². The van der Waals surface area contributed by atoms with Gasteiger partial charge in [0.1, 0.15) is 11.5 Å². The molecule has 0 fully saturated rings. The van der Waals surface area contributed by atoms with Crippen LogP contribution in [0, 0.1) is 10.1 Å². The van der Waals surface area contributed by atoms with Crippen LogP contribution in [0.4, 0.5) is 5.69 Å². The number of ether oxygens (including phenoxy) is 1. The van der Waals surface area contributed by atoms with Crippen LogP contribution in [0.1, 0.15) is 12.7 Å². The Morgan fingerprint density at radius 1 is 1.41 bits per heavy atom. The lowest BCUT2D eigenvalue weighted by molar-refractivity contribution is -0.384. The maximum absolute atomic E-state index is 11.8. The Morgan fingerprint density at radius 3 is 2.73 bits per heavy atom. The maximum atomic E-state index is 11.8. The second kappa shape index (κ2) is 7.02. The van der Waals surface area contributed by atoms with Crippen molar-refractivity contribution in [2.24, 2.45) is 5.10 Å². The fourth-order valence-corrected chi connectivity index (χ4v) is 1.52. The third-order valence-electron chi connectivity index (χ3n) is 2.64. The second-order valence-electron chi connectivity index (χ2n) is 4.26. The number of nitro groups is 1. The van der Waals surface area contributed by atoms with Gasteiger partial charge in [-0.3, -0.25) is 14.9 Å². The van der Waals surface area contributed by atoms with Gasteiger partial charge in [-0.2, -0.15) is 5.10 Å². The molecular weight excluding hydrogens is 290 g/mol. The molecule has 0 aliphatic carbocycles. The summed E-state index contributed by atoms with van der Waals surface area (Å²) in [6.45, 7) is 1.54. The molecule has 0 saturated carbocycles. The molecule has 0 saturated heterocycles. The number of carbonyl (C=O) groups excluding carboxylic acids is 1. The van der Waals surface area contributed by atoms with E-state index in [0.717, 1.165) is 0 Å². The summed E-state index contributed by atoms with van der Waals surface area (Å²) in [6, 6.07) is 8.84. The molecular formula is C14H13N3O5. The number of hydrazone groups is 1. The topological polar surface area (TPSA) is 107 Å². The number of hydrogen-bond donors (Lipinski definition) is 1. The molecule has 1 amide bonds. The van der Waals surface area contributed by atoms with Gasteiger partial charge in [0.25, 0.3) is 11.6 Å². The van der Waals surface area contributed by atoms with E-state index in [4.69, 9.17) is 9.15 Å². The lowest BCUT2D eigenvalue weighted by Gasteiger charge is -2.12. The Hall–Kier alpha value is -3.16. The summed E-state index contributed by atoms with van der Waals surface area (Å²) in [5.41, 5.74) is 2.26. The van der Waals surface area contributed by atoms with Gasteiger partial charge in [0.2, 0.25) is 0 Å². The highest BCUT2D eigenvalue weighted by atomic mass is 16.6. The molecule has 1 N–H and O–H groups in total.